The molecule has 0 saturated heterocycles. The van der Waals surface area contributed by atoms with Crippen LogP contribution in [0.1, 0.15) is 72.8 Å². The summed E-state index contributed by atoms with van der Waals surface area (Å²) in [5, 5.41) is 5.15. The normalized spacial score (nSPS) is 11.3. The molecular weight excluding hydrogens is 410 g/mol. The zero-order chi connectivity index (χ0) is 24.9. The van der Waals surface area contributed by atoms with E-state index in [1.807, 2.05) is 58.0 Å². The first-order chi connectivity index (χ1) is 15.3. The molecule has 2 unspecified atom stereocenters. The van der Waals surface area contributed by atoms with Crippen molar-refractivity contribution in [3.63, 3.8) is 0 Å². The van der Waals surface area contributed by atoms with Crippen LogP contribution < -0.4 is 16.4 Å². The second-order valence-corrected chi connectivity index (χ2v) is 6.67. The number of benzene rings is 1. The molecule has 182 valence electrons. The number of ketones is 2. The number of hydrogen-bond donors (Lipinski definition) is 3. The zero-order valence-electron chi connectivity index (χ0n) is 20.4. The van der Waals surface area contributed by atoms with Gasteiger partial charge in [0.2, 0.25) is 5.91 Å². The molecule has 0 aliphatic heterocycles. The van der Waals surface area contributed by atoms with Crippen LogP contribution in [0, 0.1) is 0 Å². The van der Waals surface area contributed by atoms with Gasteiger partial charge in [-0.05, 0) is 38.7 Å². The number of carbonyl (C=O) groups is 4. The Balaban J connectivity index is 0. The van der Waals surface area contributed by atoms with Gasteiger partial charge in [0.05, 0.1) is 12.1 Å². The number of unbranched alkanes of at least 4 members (excludes halogenated alkanes) is 1. The average Bonchev–Trinajstić information content (AvgIpc) is 2.79. The number of nitrogens with two attached hydrogens (primary N) is 1. The minimum absolute atomic E-state index is 0.0389. The summed E-state index contributed by atoms with van der Waals surface area (Å²) in [7, 11) is 0. The summed E-state index contributed by atoms with van der Waals surface area (Å²) in [5.41, 5.74) is 6.74. The molecule has 0 aliphatic carbocycles. The van der Waals surface area contributed by atoms with Crippen LogP contribution in [0.25, 0.3) is 0 Å². The van der Waals surface area contributed by atoms with Crippen LogP contribution in [-0.4, -0.2) is 42.2 Å². The molecule has 1 rings (SSSR count). The third kappa shape index (κ3) is 16.0. The first-order valence-corrected chi connectivity index (χ1v) is 11.3. The van der Waals surface area contributed by atoms with E-state index in [1.54, 1.807) is 0 Å². The molecule has 0 fully saturated rings. The summed E-state index contributed by atoms with van der Waals surface area (Å²) in [6.45, 7) is 11.3. The summed E-state index contributed by atoms with van der Waals surface area (Å²) in [4.78, 5) is 46.3. The van der Waals surface area contributed by atoms with Crippen molar-refractivity contribution in [2.45, 2.75) is 85.9 Å². The Morgan fingerprint density at radius 1 is 0.969 bits per heavy atom. The monoisotopic (exact) mass is 451 g/mol. The van der Waals surface area contributed by atoms with Gasteiger partial charge in [0.25, 0.3) is 0 Å². The Hall–Kier alpha value is -2.74. The van der Waals surface area contributed by atoms with Gasteiger partial charge in [-0.1, -0.05) is 58.0 Å². The topological polar surface area (TPSA) is 128 Å². The summed E-state index contributed by atoms with van der Waals surface area (Å²) >= 11 is 0. The summed E-state index contributed by atoms with van der Waals surface area (Å²) in [5.74, 6) is -0.926. The highest BCUT2D eigenvalue weighted by Crippen LogP contribution is 2.03. The second-order valence-electron chi connectivity index (χ2n) is 6.67. The van der Waals surface area contributed by atoms with Gasteiger partial charge >= 0.3 is 6.09 Å². The van der Waals surface area contributed by atoms with Gasteiger partial charge in [0.15, 0.2) is 5.78 Å². The van der Waals surface area contributed by atoms with Crippen molar-refractivity contribution in [2.75, 3.05) is 6.54 Å². The molecular formula is C24H41N3O5. The number of alkyl carbamates (subject to hydrolysis) is 1. The van der Waals surface area contributed by atoms with Gasteiger partial charge < -0.3 is 21.1 Å². The van der Waals surface area contributed by atoms with Gasteiger partial charge in [-0.3, -0.25) is 14.4 Å². The maximum atomic E-state index is 12.0. The molecule has 0 spiro atoms. The average molecular weight is 452 g/mol. The molecule has 0 radical (unpaired) electrons. The Labute approximate surface area is 192 Å². The minimum Gasteiger partial charge on any atom is -0.445 e. The largest absolute Gasteiger partial charge is 0.445 e. The lowest BCUT2D eigenvalue weighted by atomic mass is 10.1. The van der Waals surface area contributed by atoms with E-state index in [0.717, 1.165) is 5.56 Å². The highest BCUT2D eigenvalue weighted by Gasteiger charge is 2.22. The van der Waals surface area contributed by atoms with Crippen LogP contribution in [0.4, 0.5) is 4.79 Å². The lowest BCUT2D eigenvalue weighted by molar-refractivity contribution is -0.129. The number of rotatable bonds is 12. The Bertz CT molecular complexity index is 665. The van der Waals surface area contributed by atoms with Crippen LogP contribution in [-0.2, 0) is 25.7 Å². The molecule has 1 aromatic carbocycles. The lowest BCUT2D eigenvalue weighted by Gasteiger charge is -2.18. The summed E-state index contributed by atoms with van der Waals surface area (Å²) in [6.07, 6.45) is 1.11. The quantitative estimate of drug-likeness (QED) is 0.417. The van der Waals surface area contributed by atoms with Crippen LogP contribution in [0.2, 0.25) is 0 Å². The number of nitrogens with one attached hydrogen (secondary N) is 2. The first-order valence-electron chi connectivity index (χ1n) is 11.3. The van der Waals surface area contributed by atoms with Crippen LogP contribution in [0.5, 0.6) is 0 Å². The van der Waals surface area contributed by atoms with Crippen molar-refractivity contribution >= 4 is 23.6 Å². The fourth-order valence-corrected chi connectivity index (χ4v) is 2.45. The molecule has 0 bridgehead atoms. The molecule has 0 aliphatic rings. The number of carbonyl (C=O) groups excluding carboxylic acids is 4. The fraction of sp³-hybridized carbons (Fsp3) is 0.583. The number of hydrogen-bond acceptors (Lipinski definition) is 6. The van der Waals surface area contributed by atoms with E-state index in [4.69, 9.17) is 10.5 Å². The number of Topliss-reactive ketones (excluding diaryl/α,β-unsaturated/α-hetero) is 2. The van der Waals surface area contributed by atoms with Crippen molar-refractivity contribution in [1.82, 2.24) is 10.6 Å². The molecule has 2 atom stereocenters. The van der Waals surface area contributed by atoms with Crippen molar-refractivity contribution < 1.29 is 23.9 Å². The Morgan fingerprint density at radius 2 is 1.56 bits per heavy atom. The van der Waals surface area contributed by atoms with Crippen molar-refractivity contribution in [3.8, 4) is 0 Å². The van der Waals surface area contributed by atoms with E-state index in [9.17, 15) is 19.2 Å². The first kappa shape index (κ1) is 31.4. The number of amides is 2. The van der Waals surface area contributed by atoms with E-state index in [1.165, 1.54) is 13.8 Å². The number of ether oxygens (including phenoxy) is 1. The van der Waals surface area contributed by atoms with Crippen molar-refractivity contribution in [1.29, 1.82) is 0 Å². The predicted octanol–water partition coefficient (Wildman–Crippen LogP) is 3.52. The molecule has 0 heterocycles. The third-order valence-corrected chi connectivity index (χ3v) is 4.06. The van der Waals surface area contributed by atoms with E-state index in [2.05, 4.69) is 10.6 Å². The molecule has 4 N–H and O–H groups in total. The van der Waals surface area contributed by atoms with E-state index >= 15 is 0 Å². The molecule has 0 saturated carbocycles. The smallest absolute Gasteiger partial charge is 0.407 e. The van der Waals surface area contributed by atoms with E-state index in [0.29, 0.717) is 25.8 Å². The second kappa shape index (κ2) is 20.2. The van der Waals surface area contributed by atoms with Gasteiger partial charge in [-0.15, -0.1) is 0 Å². The van der Waals surface area contributed by atoms with E-state index < -0.39 is 24.1 Å². The van der Waals surface area contributed by atoms with Gasteiger partial charge in [0.1, 0.15) is 12.4 Å². The molecule has 32 heavy (non-hydrogen) atoms. The molecule has 0 aromatic heterocycles. The van der Waals surface area contributed by atoms with Gasteiger partial charge in [-0.2, -0.15) is 0 Å². The van der Waals surface area contributed by atoms with Crippen molar-refractivity contribution in [3.05, 3.63) is 35.9 Å². The maximum absolute atomic E-state index is 12.0. The summed E-state index contributed by atoms with van der Waals surface area (Å²) < 4.78 is 5.09. The summed E-state index contributed by atoms with van der Waals surface area (Å²) in [6, 6.07) is 7.75. The Kier molecular flexibility index (Phi) is 19.8. The van der Waals surface area contributed by atoms with Gasteiger partial charge in [-0.25, -0.2) is 4.79 Å². The van der Waals surface area contributed by atoms with E-state index in [-0.39, 0.29) is 24.6 Å². The SMILES string of the molecule is CC.CC.CC(=O)CC(NC(=O)C(N)CCCCNC(=O)OCc1ccccc1)C(C)=O. The minimum atomic E-state index is -0.836. The maximum Gasteiger partial charge on any atom is 0.407 e. The predicted molar refractivity (Wildman–Crippen MR) is 127 cm³/mol. The zero-order valence-corrected chi connectivity index (χ0v) is 20.4. The lowest BCUT2D eigenvalue weighted by Crippen LogP contribution is -2.48. The van der Waals surface area contributed by atoms with Crippen LogP contribution in [0.15, 0.2) is 30.3 Å². The molecule has 8 nitrogen and oxygen atoms in total. The van der Waals surface area contributed by atoms with Gasteiger partial charge in [0, 0.05) is 13.0 Å². The molecule has 8 heteroatoms. The highest BCUT2D eigenvalue weighted by atomic mass is 16.5. The van der Waals surface area contributed by atoms with Crippen LogP contribution >= 0.6 is 0 Å². The standard InChI is InChI=1S/C20H29N3O5.2C2H6/c1-14(24)12-18(15(2)25)23-19(26)17(21)10-6-7-11-22-20(27)28-13-16-8-4-3-5-9-16;2*1-2/h3-5,8-9,17-18H,6-7,10-13,21H2,1-2H3,(H,22,27)(H,23,26);2*1-2H3. The highest BCUT2D eigenvalue weighted by molar-refractivity contribution is 5.93. The molecule has 1 aromatic rings. The fourth-order valence-electron chi connectivity index (χ4n) is 2.45. The van der Waals surface area contributed by atoms with Crippen LogP contribution in [0.3, 0.4) is 0 Å². The molecule has 2 amide bonds. The Morgan fingerprint density at radius 3 is 2.09 bits per heavy atom. The van der Waals surface area contributed by atoms with Crippen molar-refractivity contribution in [2.24, 2.45) is 5.73 Å². The third-order valence-electron chi connectivity index (χ3n) is 4.06.